The number of carbonyl (C=O) groups excluding carboxylic acids is 1. The Labute approximate surface area is 145 Å². The van der Waals surface area contributed by atoms with E-state index >= 15 is 0 Å². The summed E-state index contributed by atoms with van der Waals surface area (Å²) in [5.74, 6) is 0.343. The summed E-state index contributed by atoms with van der Waals surface area (Å²) >= 11 is 0. The molecule has 0 aliphatic carbocycles. The van der Waals surface area contributed by atoms with Gasteiger partial charge in [0.1, 0.15) is 5.75 Å². The predicted molar refractivity (Wildman–Crippen MR) is 91.7 cm³/mol. The molecule has 1 amide bonds. The molecule has 0 radical (unpaired) electrons. The second-order valence-corrected chi connectivity index (χ2v) is 5.91. The van der Waals surface area contributed by atoms with Crippen molar-refractivity contribution in [1.82, 2.24) is 4.57 Å². The Hall–Kier alpha value is -3.03. The minimum absolute atomic E-state index is 0.0126. The van der Waals surface area contributed by atoms with Crippen LogP contribution in [0.4, 0.5) is 4.79 Å². The largest absolute Gasteiger partial charge is 0.616 e. The molecule has 2 N–H and O–H groups in total. The maximum Gasteiger partial charge on any atom is 0.405 e. The number of ether oxygens (including phenoxy) is 2. The highest BCUT2D eigenvalue weighted by molar-refractivity contribution is 5.82. The maximum absolute atomic E-state index is 12.7. The third-order valence-electron chi connectivity index (χ3n) is 3.66. The van der Waals surface area contributed by atoms with Gasteiger partial charge in [-0.05, 0) is 18.1 Å². The number of benzene rings is 1. The van der Waals surface area contributed by atoms with Crippen LogP contribution in [0.25, 0.3) is 11.3 Å². The molecule has 0 saturated heterocycles. The van der Waals surface area contributed by atoms with Gasteiger partial charge in [-0.3, -0.25) is 4.79 Å². The standard InChI is InChI=1S/C17H21N3O5/c1-10(2)8-13-15(21)19(17(18)22)14(16(25-4)20(13)23)11-6-5-7-12(9-11)24-3/h5-7,9-10H,8H2,1-4H3,(H2,18,22). The Balaban J connectivity index is 2.91. The molecule has 0 aliphatic rings. The monoisotopic (exact) mass is 347 g/mol. The van der Waals surface area contributed by atoms with Gasteiger partial charge in [-0.25, -0.2) is 9.36 Å². The number of primary amides is 1. The van der Waals surface area contributed by atoms with Gasteiger partial charge in [0.05, 0.1) is 14.2 Å². The van der Waals surface area contributed by atoms with E-state index in [4.69, 9.17) is 15.2 Å². The van der Waals surface area contributed by atoms with Crippen LogP contribution in [-0.2, 0) is 6.42 Å². The molecule has 0 atom stereocenters. The zero-order valence-corrected chi connectivity index (χ0v) is 14.6. The van der Waals surface area contributed by atoms with Crippen LogP contribution in [0.15, 0.2) is 29.1 Å². The van der Waals surface area contributed by atoms with Crippen molar-refractivity contribution in [2.45, 2.75) is 20.3 Å². The summed E-state index contributed by atoms with van der Waals surface area (Å²) < 4.78 is 11.6. The summed E-state index contributed by atoms with van der Waals surface area (Å²) in [7, 11) is 2.78. The van der Waals surface area contributed by atoms with E-state index in [0.717, 1.165) is 4.57 Å². The smallest absolute Gasteiger partial charge is 0.405 e. The molecule has 0 spiro atoms. The van der Waals surface area contributed by atoms with Crippen LogP contribution in [0.1, 0.15) is 19.5 Å². The molecule has 1 heterocycles. The van der Waals surface area contributed by atoms with Crippen molar-refractivity contribution in [3.05, 3.63) is 45.5 Å². The highest BCUT2D eigenvalue weighted by Crippen LogP contribution is 2.29. The second-order valence-electron chi connectivity index (χ2n) is 5.91. The molecule has 8 nitrogen and oxygen atoms in total. The molecule has 2 aromatic rings. The lowest BCUT2D eigenvalue weighted by atomic mass is 10.1. The van der Waals surface area contributed by atoms with Gasteiger partial charge in [0, 0.05) is 12.0 Å². The molecule has 0 saturated carbocycles. The van der Waals surface area contributed by atoms with Gasteiger partial charge in [-0.2, -0.15) is 0 Å². The van der Waals surface area contributed by atoms with E-state index in [0.29, 0.717) is 16.0 Å². The molecule has 0 aliphatic heterocycles. The van der Waals surface area contributed by atoms with Gasteiger partial charge in [0.15, 0.2) is 5.69 Å². The fraction of sp³-hybridized carbons (Fsp3) is 0.353. The number of aromatic nitrogens is 2. The molecule has 0 fully saturated rings. The highest BCUT2D eigenvalue weighted by Gasteiger charge is 2.30. The summed E-state index contributed by atoms with van der Waals surface area (Å²) in [6.45, 7) is 3.72. The second kappa shape index (κ2) is 7.25. The van der Waals surface area contributed by atoms with Gasteiger partial charge < -0.3 is 20.4 Å². The van der Waals surface area contributed by atoms with Gasteiger partial charge in [0.2, 0.25) is 0 Å². The number of nitrogens with two attached hydrogens (primary N) is 1. The van der Waals surface area contributed by atoms with Crippen molar-refractivity contribution in [2.24, 2.45) is 11.7 Å². The lowest BCUT2D eigenvalue weighted by Gasteiger charge is -2.16. The van der Waals surface area contributed by atoms with Crippen molar-refractivity contribution in [3.63, 3.8) is 0 Å². The van der Waals surface area contributed by atoms with Crippen LogP contribution in [0, 0.1) is 11.1 Å². The average molecular weight is 347 g/mol. The fourth-order valence-electron chi connectivity index (χ4n) is 2.60. The Morgan fingerprint density at radius 3 is 2.52 bits per heavy atom. The minimum atomic E-state index is -0.994. The third-order valence-corrected chi connectivity index (χ3v) is 3.66. The molecule has 134 valence electrons. The van der Waals surface area contributed by atoms with E-state index in [1.165, 1.54) is 14.2 Å². The van der Waals surface area contributed by atoms with Crippen molar-refractivity contribution in [2.75, 3.05) is 14.2 Å². The van der Waals surface area contributed by atoms with E-state index in [1.807, 2.05) is 13.8 Å². The molecule has 1 aromatic carbocycles. The Morgan fingerprint density at radius 2 is 2.00 bits per heavy atom. The molecule has 2 rings (SSSR count). The van der Waals surface area contributed by atoms with Crippen LogP contribution in [0.5, 0.6) is 11.6 Å². The lowest BCUT2D eigenvalue weighted by molar-refractivity contribution is -0.621. The quantitative estimate of drug-likeness (QED) is 0.647. The van der Waals surface area contributed by atoms with Gasteiger partial charge in [0.25, 0.3) is 5.69 Å². The van der Waals surface area contributed by atoms with Gasteiger partial charge in [-0.15, -0.1) is 4.73 Å². The van der Waals surface area contributed by atoms with Crippen molar-refractivity contribution < 1.29 is 19.0 Å². The van der Waals surface area contributed by atoms with Gasteiger partial charge >= 0.3 is 17.5 Å². The predicted octanol–water partition coefficient (Wildman–Crippen LogP) is 1.29. The molecular weight excluding hydrogens is 326 g/mol. The highest BCUT2D eigenvalue weighted by atomic mass is 16.5. The van der Waals surface area contributed by atoms with Crippen LogP contribution >= 0.6 is 0 Å². The number of hydrogen-bond acceptors (Lipinski definition) is 5. The number of amides is 1. The summed E-state index contributed by atoms with van der Waals surface area (Å²) in [6.07, 6.45) is 0.185. The molecule has 0 bridgehead atoms. The number of carbonyl (C=O) groups is 1. The Kier molecular flexibility index (Phi) is 5.31. The molecule has 0 unspecified atom stereocenters. The van der Waals surface area contributed by atoms with Crippen LogP contribution in [0.2, 0.25) is 0 Å². The zero-order valence-electron chi connectivity index (χ0n) is 14.6. The van der Waals surface area contributed by atoms with Crippen LogP contribution < -0.4 is 25.5 Å². The van der Waals surface area contributed by atoms with E-state index in [1.54, 1.807) is 24.3 Å². The van der Waals surface area contributed by atoms with Crippen LogP contribution in [-0.4, -0.2) is 24.8 Å². The summed E-state index contributed by atoms with van der Waals surface area (Å²) in [5, 5.41) is 12.7. The van der Waals surface area contributed by atoms with Crippen molar-refractivity contribution >= 4 is 6.03 Å². The van der Waals surface area contributed by atoms with E-state index in [2.05, 4.69) is 0 Å². The lowest BCUT2D eigenvalue weighted by Crippen LogP contribution is -2.48. The maximum atomic E-state index is 12.7. The summed E-state index contributed by atoms with van der Waals surface area (Å²) in [5.41, 5.74) is 4.95. The first-order chi connectivity index (χ1) is 11.8. The number of methoxy groups -OCH3 is 2. The van der Waals surface area contributed by atoms with E-state index in [9.17, 15) is 14.8 Å². The minimum Gasteiger partial charge on any atom is -0.616 e. The van der Waals surface area contributed by atoms with Gasteiger partial charge in [-0.1, -0.05) is 26.0 Å². The SMILES string of the molecule is COc1cccc(-c2c(OC)[n+]([O-])c(CC(C)C)c(=O)n2C(N)=O)c1. The molecule has 1 aromatic heterocycles. The number of rotatable bonds is 5. The van der Waals surface area contributed by atoms with E-state index < -0.39 is 11.6 Å². The normalized spacial score (nSPS) is 10.8. The molecular formula is C17H21N3O5. The number of nitrogens with zero attached hydrogens (tertiary/aromatic N) is 2. The first-order valence-electron chi connectivity index (χ1n) is 7.71. The van der Waals surface area contributed by atoms with Crippen LogP contribution in [0.3, 0.4) is 0 Å². The average Bonchev–Trinajstić information content (AvgIpc) is 2.57. The van der Waals surface area contributed by atoms with Crippen molar-refractivity contribution in [3.8, 4) is 22.9 Å². The topological polar surface area (TPSA) is 110 Å². The van der Waals surface area contributed by atoms with E-state index in [-0.39, 0.29) is 29.6 Å². The Morgan fingerprint density at radius 1 is 1.32 bits per heavy atom. The Bertz CT molecular complexity index is 858. The molecule has 25 heavy (non-hydrogen) atoms. The molecule has 8 heteroatoms. The first-order valence-corrected chi connectivity index (χ1v) is 7.71. The summed E-state index contributed by atoms with van der Waals surface area (Å²) in [6, 6.07) is 5.58. The van der Waals surface area contributed by atoms with Crippen molar-refractivity contribution in [1.29, 1.82) is 0 Å². The summed E-state index contributed by atoms with van der Waals surface area (Å²) in [4.78, 5) is 24.7. The zero-order chi connectivity index (χ0) is 18.7. The third kappa shape index (κ3) is 3.42. The number of hydrogen-bond donors (Lipinski definition) is 1. The first kappa shape index (κ1) is 18.3. The fourth-order valence-corrected chi connectivity index (χ4v) is 2.60.